The van der Waals surface area contributed by atoms with E-state index in [4.69, 9.17) is 0 Å². The second kappa shape index (κ2) is 4.85. The minimum atomic E-state index is -4.67. The first kappa shape index (κ1) is 16.3. The molecule has 4 aromatic heterocycles. The van der Waals surface area contributed by atoms with E-state index >= 15 is 0 Å². The highest BCUT2D eigenvalue weighted by Crippen LogP contribution is 2.38. The highest BCUT2D eigenvalue weighted by atomic mass is 19.4. The van der Waals surface area contributed by atoms with Crippen LogP contribution in [0.15, 0.2) is 42.9 Å². The predicted octanol–water partition coefficient (Wildman–Crippen LogP) is 1.25. The highest BCUT2D eigenvalue weighted by Gasteiger charge is 2.71. The molecule has 144 valence electrons. The van der Waals surface area contributed by atoms with Crippen molar-refractivity contribution in [1.82, 2.24) is 29.5 Å². The molecule has 6 heterocycles. The van der Waals surface area contributed by atoms with Crippen LogP contribution in [0.2, 0.25) is 0 Å². The topological polar surface area (TPSA) is 69.2 Å². The van der Waals surface area contributed by atoms with Gasteiger partial charge in [-0.3, -0.25) is 0 Å². The Morgan fingerprint density at radius 2 is 1.83 bits per heavy atom. The quantitative estimate of drug-likeness (QED) is 0.361. The number of hydrogen-bond acceptors (Lipinski definition) is 4. The van der Waals surface area contributed by atoms with Crippen molar-refractivity contribution in [3.63, 3.8) is 0 Å². The maximum atomic E-state index is 13.5. The Morgan fingerprint density at radius 1 is 1.00 bits per heavy atom. The number of hydrogen-bond donors (Lipinski definition) is 0. The molecule has 0 N–H and O–H groups in total. The largest absolute Gasteiger partial charge is 0.584 e. The van der Waals surface area contributed by atoms with Crippen LogP contribution in [0.3, 0.4) is 0 Å². The standard InChI is InChI=1S/C18H13F3N8/c1-10-7-13-12-5-3-4-6-26(12)18(28(13)24-10)27-9-11(2)22-8-14(27)15-23-16(17(19,20)21)25-29(15)18/h3-9H,1-2H3/q+2. The maximum Gasteiger partial charge on any atom is 0.584 e. The molecule has 2 aliphatic heterocycles. The molecule has 0 aliphatic carbocycles. The van der Waals surface area contributed by atoms with Crippen LogP contribution >= 0.6 is 0 Å². The van der Waals surface area contributed by atoms with Gasteiger partial charge < -0.3 is 0 Å². The second-order valence-corrected chi connectivity index (χ2v) is 7.09. The van der Waals surface area contributed by atoms with Crippen molar-refractivity contribution in [2.75, 3.05) is 0 Å². The van der Waals surface area contributed by atoms with Gasteiger partial charge in [0, 0.05) is 12.1 Å². The average molecular weight is 398 g/mol. The molecule has 6 rings (SSSR count). The number of halogens is 3. The van der Waals surface area contributed by atoms with Crippen molar-refractivity contribution in [3.05, 3.63) is 60.1 Å². The lowest BCUT2D eigenvalue weighted by molar-refractivity contribution is -0.990. The summed E-state index contributed by atoms with van der Waals surface area (Å²) in [5.41, 5.74) is 3.44. The van der Waals surface area contributed by atoms with Gasteiger partial charge in [-0.1, -0.05) is 13.8 Å². The summed E-state index contributed by atoms with van der Waals surface area (Å²) in [4.78, 5) is 8.09. The lowest BCUT2D eigenvalue weighted by Crippen LogP contribution is -2.77. The van der Waals surface area contributed by atoms with Crippen molar-refractivity contribution >= 4 is 0 Å². The number of rotatable bonds is 0. The molecule has 29 heavy (non-hydrogen) atoms. The third-order valence-electron chi connectivity index (χ3n) is 5.22. The van der Waals surface area contributed by atoms with Crippen LogP contribution in [0.5, 0.6) is 0 Å². The molecule has 0 saturated carbocycles. The van der Waals surface area contributed by atoms with E-state index in [1.807, 2.05) is 47.2 Å². The van der Waals surface area contributed by atoms with E-state index in [2.05, 4.69) is 20.2 Å². The van der Waals surface area contributed by atoms with Gasteiger partial charge in [0.1, 0.15) is 17.6 Å². The minimum Gasteiger partial charge on any atom is -0.248 e. The summed E-state index contributed by atoms with van der Waals surface area (Å²) in [5.74, 6) is -2.46. The van der Waals surface area contributed by atoms with Crippen molar-refractivity contribution in [1.29, 1.82) is 0 Å². The number of aryl methyl sites for hydroxylation is 2. The van der Waals surface area contributed by atoms with E-state index in [1.54, 1.807) is 17.1 Å². The summed E-state index contributed by atoms with van der Waals surface area (Å²) in [6.07, 6.45) is 0.417. The van der Waals surface area contributed by atoms with Crippen LogP contribution in [0, 0.1) is 13.8 Å². The first-order valence-corrected chi connectivity index (χ1v) is 8.84. The fraction of sp³-hybridized carbons (Fsp3) is 0.222. The summed E-state index contributed by atoms with van der Waals surface area (Å²) in [6, 6.07) is 7.49. The SMILES string of the molecule is Cc1c[n+]2c(cn1)-c1nc(C(F)(F)F)nn1C21n2nc(C)cc2-c2cccc[n+]21. The molecule has 0 saturated heterocycles. The lowest BCUT2D eigenvalue weighted by atomic mass is 10.2. The van der Waals surface area contributed by atoms with Gasteiger partial charge in [0.2, 0.25) is 17.7 Å². The fourth-order valence-electron chi connectivity index (χ4n) is 4.17. The minimum absolute atomic E-state index is 0.0770. The lowest BCUT2D eigenvalue weighted by Gasteiger charge is -2.15. The van der Waals surface area contributed by atoms with Gasteiger partial charge in [-0.15, -0.1) is 9.78 Å². The van der Waals surface area contributed by atoms with Crippen molar-refractivity contribution < 1.29 is 22.3 Å². The molecule has 0 bridgehead atoms. The first-order valence-electron chi connectivity index (χ1n) is 8.84. The summed E-state index contributed by atoms with van der Waals surface area (Å²) < 4.78 is 47.0. The van der Waals surface area contributed by atoms with E-state index in [9.17, 15) is 13.2 Å². The summed E-state index contributed by atoms with van der Waals surface area (Å²) >= 11 is 0. The number of aromatic nitrogens is 8. The smallest absolute Gasteiger partial charge is 0.248 e. The van der Waals surface area contributed by atoms with E-state index in [-0.39, 0.29) is 5.82 Å². The van der Waals surface area contributed by atoms with Gasteiger partial charge in [-0.2, -0.15) is 23.3 Å². The Labute approximate surface area is 161 Å². The zero-order valence-electron chi connectivity index (χ0n) is 15.3. The zero-order valence-corrected chi connectivity index (χ0v) is 15.3. The van der Waals surface area contributed by atoms with Gasteiger partial charge in [0.15, 0.2) is 6.20 Å². The van der Waals surface area contributed by atoms with Gasteiger partial charge in [-0.25, -0.2) is 4.98 Å². The second-order valence-electron chi connectivity index (χ2n) is 7.09. The van der Waals surface area contributed by atoms with Gasteiger partial charge in [-0.05, 0) is 26.0 Å². The molecule has 1 spiro atoms. The Balaban J connectivity index is 1.82. The Morgan fingerprint density at radius 3 is 2.62 bits per heavy atom. The molecule has 0 aromatic carbocycles. The van der Waals surface area contributed by atoms with Crippen LogP contribution in [0.25, 0.3) is 22.9 Å². The van der Waals surface area contributed by atoms with Crippen molar-refractivity contribution in [3.8, 4) is 22.9 Å². The average Bonchev–Trinajstić information content (AvgIpc) is 3.37. The summed E-state index contributed by atoms with van der Waals surface area (Å²) in [5, 5.41) is 8.52. The molecule has 0 amide bonds. The zero-order chi connectivity index (χ0) is 20.1. The predicted molar refractivity (Wildman–Crippen MR) is 89.9 cm³/mol. The third-order valence-corrected chi connectivity index (χ3v) is 5.22. The normalized spacial score (nSPS) is 18.7. The Hall–Kier alpha value is -3.63. The fourth-order valence-corrected chi connectivity index (χ4v) is 4.17. The van der Waals surface area contributed by atoms with Gasteiger partial charge >= 0.3 is 12.1 Å². The molecule has 8 nitrogen and oxygen atoms in total. The Bertz CT molecular complexity index is 1340. The van der Waals surface area contributed by atoms with E-state index in [0.29, 0.717) is 11.4 Å². The van der Waals surface area contributed by atoms with Gasteiger partial charge in [0.25, 0.3) is 11.5 Å². The third kappa shape index (κ3) is 1.80. The monoisotopic (exact) mass is 398 g/mol. The van der Waals surface area contributed by atoms with E-state index < -0.39 is 17.9 Å². The summed E-state index contributed by atoms with van der Waals surface area (Å²) in [7, 11) is 0. The molecule has 1 atom stereocenters. The highest BCUT2D eigenvalue weighted by molar-refractivity contribution is 5.55. The molecule has 2 aliphatic rings. The van der Waals surface area contributed by atoms with Crippen LogP contribution in [0.4, 0.5) is 13.2 Å². The maximum absolute atomic E-state index is 13.5. The van der Waals surface area contributed by atoms with Crippen molar-refractivity contribution in [2.24, 2.45) is 0 Å². The van der Waals surface area contributed by atoms with Crippen LogP contribution in [0.1, 0.15) is 17.2 Å². The molecule has 0 fully saturated rings. The molecule has 1 unspecified atom stereocenters. The molecular weight excluding hydrogens is 385 g/mol. The molecule has 11 heteroatoms. The van der Waals surface area contributed by atoms with E-state index in [0.717, 1.165) is 17.1 Å². The van der Waals surface area contributed by atoms with Gasteiger partial charge in [0.05, 0.1) is 5.69 Å². The van der Waals surface area contributed by atoms with Crippen LogP contribution in [-0.4, -0.2) is 29.5 Å². The first-order chi connectivity index (χ1) is 13.8. The number of nitrogens with zero attached hydrogens (tertiary/aromatic N) is 8. The molecule has 4 aromatic rings. The number of pyridine rings is 1. The summed E-state index contributed by atoms with van der Waals surface area (Å²) in [6.45, 7) is 3.66. The number of alkyl halides is 3. The van der Waals surface area contributed by atoms with E-state index in [1.165, 1.54) is 10.9 Å². The van der Waals surface area contributed by atoms with Crippen LogP contribution < -0.4 is 9.13 Å². The Kier molecular flexibility index (Phi) is 2.73. The van der Waals surface area contributed by atoms with Crippen molar-refractivity contribution in [2.45, 2.75) is 25.9 Å². The number of fused-ring (bicyclic) bond motifs is 10. The molecular formula is C18H13F3N8+2. The van der Waals surface area contributed by atoms with Crippen LogP contribution in [-0.2, 0) is 12.1 Å². The molecule has 0 radical (unpaired) electrons.